The molecule has 0 aliphatic heterocycles. The molecule has 118 valence electrons. The molecule has 0 aliphatic carbocycles. The quantitative estimate of drug-likeness (QED) is 0.668. The number of hydrogen-bond donors (Lipinski definition) is 0. The van der Waals surface area contributed by atoms with Crippen molar-refractivity contribution in [2.24, 2.45) is 0 Å². The first kappa shape index (κ1) is 15.0. The predicted octanol–water partition coefficient (Wildman–Crippen LogP) is 3.94. The first-order chi connectivity index (χ1) is 11.2. The van der Waals surface area contributed by atoms with Crippen molar-refractivity contribution in [1.29, 1.82) is 0 Å². The van der Waals surface area contributed by atoms with Crippen LogP contribution < -0.4 is 14.2 Å². The Bertz CT molecular complexity index is 863. The summed E-state index contributed by atoms with van der Waals surface area (Å²) in [4.78, 5) is 11.0. The van der Waals surface area contributed by atoms with E-state index in [9.17, 15) is 4.79 Å². The Labute approximate surface area is 133 Å². The van der Waals surface area contributed by atoms with E-state index in [-0.39, 0.29) is 0 Å². The molecule has 1 heterocycles. The minimum absolute atomic E-state index is 0.524. The van der Waals surface area contributed by atoms with Crippen LogP contribution >= 0.6 is 0 Å². The van der Waals surface area contributed by atoms with E-state index >= 15 is 0 Å². The highest BCUT2D eigenvalue weighted by molar-refractivity contribution is 5.93. The average Bonchev–Trinajstić information content (AvgIpc) is 3.04. The molecule has 5 nitrogen and oxygen atoms in total. The van der Waals surface area contributed by atoms with Gasteiger partial charge in [-0.2, -0.15) is 0 Å². The lowest BCUT2D eigenvalue weighted by Gasteiger charge is -2.08. The Morgan fingerprint density at radius 3 is 2.26 bits per heavy atom. The van der Waals surface area contributed by atoms with Crippen LogP contribution in [-0.2, 0) is 0 Å². The van der Waals surface area contributed by atoms with Crippen LogP contribution in [0.15, 0.2) is 40.8 Å². The Kier molecular flexibility index (Phi) is 3.93. The fourth-order valence-electron chi connectivity index (χ4n) is 2.49. The van der Waals surface area contributed by atoms with Crippen molar-refractivity contribution in [2.45, 2.75) is 0 Å². The standard InChI is InChI=1S/C18H16O5/c1-20-14-5-4-12(8-16(14)21-2)15-9-13-6-11(10-19)7-17(22-3)18(13)23-15/h4-10H,1-3H3. The summed E-state index contributed by atoms with van der Waals surface area (Å²) in [5, 5.41) is 0.802. The summed E-state index contributed by atoms with van der Waals surface area (Å²) in [6.07, 6.45) is 0.783. The van der Waals surface area contributed by atoms with E-state index in [1.165, 1.54) is 0 Å². The average molecular weight is 312 g/mol. The van der Waals surface area contributed by atoms with Gasteiger partial charge in [0.25, 0.3) is 0 Å². The lowest BCUT2D eigenvalue weighted by Crippen LogP contribution is -1.90. The van der Waals surface area contributed by atoms with Gasteiger partial charge in [-0.1, -0.05) is 0 Å². The lowest BCUT2D eigenvalue weighted by atomic mass is 10.1. The van der Waals surface area contributed by atoms with Crippen molar-refractivity contribution in [3.8, 4) is 28.6 Å². The highest BCUT2D eigenvalue weighted by atomic mass is 16.5. The molecule has 0 amide bonds. The molecule has 0 fully saturated rings. The van der Waals surface area contributed by atoms with Crippen LogP contribution in [0.25, 0.3) is 22.3 Å². The minimum atomic E-state index is 0.524. The summed E-state index contributed by atoms with van der Waals surface area (Å²) in [5.74, 6) is 2.44. The van der Waals surface area contributed by atoms with Gasteiger partial charge < -0.3 is 18.6 Å². The van der Waals surface area contributed by atoms with Crippen LogP contribution in [0.5, 0.6) is 17.2 Å². The second-order valence-electron chi connectivity index (χ2n) is 4.94. The molecule has 0 unspecified atom stereocenters. The summed E-state index contributed by atoms with van der Waals surface area (Å²) in [6, 6.07) is 10.8. The summed E-state index contributed by atoms with van der Waals surface area (Å²) < 4.78 is 21.8. The number of benzene rings is 2. The highest BCUT2D eigenvalue weighted by Gasteiger charge is 2.14. The third kappa shape index (κ3) is 2.61. The molecule has 2 aromatic carbocycles. The molecule has 0 saturated carbocycles. The van der Waals surface area contributed by atoms with Crippen molar-refractivity contribution >= 4 is 17.3 Å². The van der Waals surface area contributed by atoms with Crippen LogP contribution in [0.4, 0.5) is 0 Å². The van der Waals surface area contributed by atoms with Crippen LogP contribution in [0, 0.1) is 0 Å². The molecule has 1 aromatic heterocycles. The zero-order chi connectivity index (χ0) is 16.4. The number of aldehydes is 1. The molecule has 0 N–H and O–H groups in total. The van der Waals surface area contributed by atoms with E-state index < -0.39 is 0 Å². The Morgan fingerprint density at radius 1 is 0.870 bits per heavy atom. The van der Waals surface area contributed by atoms with Crippen LogP contribution in [0.3, 0.4) is 0 Å². The maximum absolute atomic E-state index is 11.0. The predicted molar refractivity (Wildman–Crippen MR) is 86.7 cm³/mol. The molecule has 3 rings (SSSR count). The van der Waals surface area contributed by atoms with Gasteiger partial charge in [0.15, 0.2) is 22.8 Å². The monoisotopic (exact) mass is 312 g/mol. The number of carbonyl (C=O) groups excluding carboxylic acids is 1. The largest absolute Gasteiger partial charge is 0.493 e. The number of fused-ring (bicyclic) bond motifs is 1. The van der Waals surface area contributed by atoms with E-state index in [0.29, 0.717) is 34.2 Å². The molecule has 0 atom stereocenters. The molecular formula is C18H16O5. The maximum atomic E-state index is 11.0. The molecule has 0 saturated heterocycles. The maximum Gasteiger partial charge on any atom is 0.176 e. The molecule has 3 aromatic rings. The van der Waals surface area contributed by atoms with Crippen LogP contribution in [0.2, 0.25) is 0 Å². The molecule has 0 bridgehead atoms. The van der Waals surface area contributed by atoms with Gasteiger partial charge in [-0.25, -0.2) is 0 Å². The fourth-order valence-corrected chi connectivity index (χ4v) is 2.49. The molecule has 23 heavy (non-hydrogen) atoms. The molecule has 0 radical (unpaired) electrons. The van der Waals surface area contributed by atoms with Crippen molar-refractivity contribution in [2.75, 3.05) is 21.3 Å². The lowest BCUT2D eigenvalue weighted by molar-refractivity contribution is 0.112. The normalized spacial score (nSPS) is 10.6. The Hall–Kier alpha value is -2.95. The number of ether oxygens (including phenoxy) is 3. The minimum Gasteiger partial charge on any atom is -0.493 e. The van der Waals surface area contributed by atoms with Gasteiger partial charge in [0.05, 0.1) is 21.3 Å². The van der Waals surface area contributed by atoms with Gasteiger partial charge in [0, 0.05) is 16.5 Å². The van der Waals surface area contributed by atoms with Crippen molar-refractivity contribution in [1.82, 2.24) is 0 Å². The van der Waals surface area contributed by atoms with E-state index in [4.69, 9.17) is 18.6 Å². The van der Waals surface area contributed by atoms with E-state index in [1.54, 1.807) is 33.5 Å². The van der Waals surface area contributed by atoms with E-state index in [2.05, 4.69) is 0 Å². The summed E-state index contributed by atoms with van der Waals surface area (Å²) in [6.45, 7) is 0. The number of rotatable bonds is 5. The van der Waals surface area contributed by atoms with Gasteiger partial charge in [-0.3, -0.25) is 4.79 Å². The summed E-state index contributed by atoms with van der Waals surface area (Å²) >= 11 is 0. The molecule has 0 aliphatic rings. The Balaban J connectivity index is 2.15. The Morgan fingerprint density at radius 2 is 1.61 bits per heavy atom. The van der Waals surface area contributed by atoms with Gasteiger partial charge in [-0.05, 0) is 36.4 Å². The van der Waals surface area contributed by atoms with Crippen molar-refractivity contribution in [3.05, 3.63) is 42.0 Å². The van der Waals surface area contributed by atoms with E-state index in [1.807, 2.05) is 24.3 Å². The second-order valence-corrected chi connectivity index (χ2v) is 4.94. The summed E-state index contributed by atoms with van der Waals surface area (Å²) in [5.41, 5.74) is 1.98. The van der Waals surface area contributed by atoms with Gasteiger partial charge in [0.2, 0.25) is 0 Å². The SMILES string of the molecule is COc1ccc(-c2cc3cc(C=O)cc(OC)c3o2)cc1OC. The van der Waals surface area contributed by atoms with Gasteiger partial charge in [0.1, 0.15) is 12.0 Å². The summed E-state index contributed by atoms with van der Waals surface area (Å²) in [7, 11) is 4.71. The zero-order valence-corrected chi connectivity index (χ0v) is 13.1. The van der Waals surface area contributed by atoms with Crippen molar-refractivity contribution in [3.63, 3.8) is 0 Å². The number of hydrogen-bond acceptors (Lipinski definition) is 5. The third-order valence-corrected chi connectivity index (χ3v) is 3.63. The number of furan rings is 1. The smallest absolute Gasteiger partial charge is 0.176 e. The second kappa shape index (κ2) is 6.04. The third-order valence-electron chi connectivity index (χ3n) is 3.63. The fraction of sp³-hybridized carbons (Fsp3) is 0.167. The zero-order valence-electron chi connectivity index (χ0n) is 13.1. The number of methoxy groups -OCH3 is 3. The first-order valence-corrected chi connectivity index (χ1v) is 6.99. The first-order valence-electron chi connectivity index (χ1n) is 6.99. The van der Waals surface area contributed by atoms with Gasteiger partial charge >= 0.3 is 0 Å². The van der Waals surface area contributed by atoms with Crippen LogP contribution in [0.1, 0.15) is 10.4 Å². The van der Waals surface area contributed by atoms with Crippen LogP contribution in [-0.4, -0.2) is 27.6 Å². The van der Waals surface area contributed by atoms with Gasteiger partial charge in [-0.15, -0.1) is 0 Å². The molecule has 5 heteroatoms. The molecule has 0 spiro atoms. The highest BCUT2D eigenvalue weighted by Crippen LogP contribution is 2.37. The van der Waals surface area contributed by atoms with E-state index in [0.717, 1.165) is 17.2 Å². The number of carbonyl (C=O) groups is 1. The van der Waals surface area contributed by atoms with Crippen molar-refractivity contribution < 1.29 is 23.4 Å². The topological polar surface area (TPSA) is 57.9 Å². The molecular weight excluding hydrogens is 296 g/mol.